The largest absolute Gasteiger partial charge is 0.456 e. The zero-order valence-electron chi connectivity index (χ0n) is 41.4. The van der Waals surface area contributed by atoms with Gasteiger partial charge in [-0.15, -0.1) is 0 Å². The molecule has 0 saturated heterocycles. The number of fused-ring (bicyclic) bond motifs is 9. The van der Waals surface area contributed by atoms with Crippen LogP contribution < -0.4 is 19.7 Å². The van der Waals surface area contributed by atoms with Gasteiger partial charge in [0.05, 0.1) is 25.1 Å². The van der Waals surface area contributed by atoms with Gasteiger partial charge in [0.2, 0.25) is 0 Å². The summed E-state index contributed by atoms with van der Waals surface area (Å²) in [5.41, 5.74) is 14.8. The summed E-state index contributed by atoms with van der Waals surface area (Å²) in [4.78, 5) is 4.69. The molecule has 74 heavy (non-hydrogen) atoms. The standard InChI is InChI=1S/C69H50N2O2Si/c1-74(2,3)51-39-36-49(37-40-51)70(47-20-8-5-9-21-47)48-34-32-46(33-35-48)59-43-61-57-26-17-31-66-68(57)62(44-60(61)54-24-11-10-23-53(54)59)56-41-38-50(42-67(56)72-66)71(63-28-14-12-22-52(63)45-18-6-4-7-19-45)64-29-16-27-58-55-25-13-15-30-65(55)73-69(58)64/h4-44H,1-3H3. The number of hydrogen-bond donors (Lipinski definition) is 0. The lowest BCUT2D eigenvalue weighted by atomic mass is 9.86. The fourth-order valence-corrected chi connectivity index (χ4v) is 12.6. The first kappa shape index (κ1) is 43.6. The predicted octanol–water partition coefficient (Wildman–Crippen LogP) is 19.6. The minimum Gasteiger partial charge on any atom is -0.456 e. The molecule has 0 N–H and O–H groups in total. The van der Waals surface area contributed by atoms with Crippen molar-refractivity contribution < 1.29 is 9.15 Å². The minimum atomic E-state index is -1.46. The predicted molar refractivity (Wildman–Crippen MR) is 315 cm³/mol. The molecule has 0 amide bonds. The van der Waals surface area contributed by atoms with E-state index in [9.17, 15) is 0 Å². The molecule has 5 heteroatoms. The molecule has 1 aliphatic heterocycles. The van der Waals surface area contributed by atoms with Gasteiger partial charge in [0, 0.05) is 50.4 Å². The van der Waals surface area contributed by atoms with Crippen LogP contribution in [-0.2, 0) is 0 Å². The number of ether oxygens (including phenoxy) is 1. The van der Waals surface area contributed by atoms with Gasteiger partial charge in [-0.2, -0.15) is 0 Å². The number of para-hydroxylation sites is 4. The van der Waals surface area contributed by atoms with Crippen LogP contribution in [0.25, 0.3) is 87.6 Å². The van der Waals surface area contributed by atoms with Crippen molar-refractivity contribution >= 4 is 102 Å². The lowest BCUT2D eigenvalue weighted by molar-refractivity contribution is 0.487. The Morgan fingerprint density at radius 2 is 0.892 bits per heavy atom. The van der Waals surface area contributed by atoms with Crippen molar-refractivity contribution in [3.8, 4) is 44.9 Å². The zero-order chi connectivity index (χ0) is 49.5. The van der Waals surface area contributed by atoms with Crippen molar-refractivity contribution in [1.29, 1.82) is 0 Å². The highest BCUT2D eigenvalue weighted by Crippen LogP contribution is 2.53. The van der Waals surface area contributed by atoms with E-state index in [0.29, 0.717) is 0 Å². The summed E-state index contributed by atoms with van der Waals surface area (Å²) in [6, 6.07) is 89.8. The topological polar surface area (TPSA) is 28.9 Å². The molecule has 0 atom stereocenters. The summed E-state index contributed by atoms with van der Waals surface area (Å²) in [6.07, 6.45) is 0. The van der Waals surface area contributed by atoms with Crippen LogP contribution in [0.5, 0.6) is 11.5 Å². The quantitative estimate of drug-likeness (QED) is 0.106. The number of rotatable bonds is 9. The average Bonchev–Trinajstić information content (AvgIpc) is 3.88. The summed E-state index contributed by atoms with van der Waals surface area (Å²) < 4.78 is 13.8. The maximum absolute atomic E-state index is 7.09. The summed E-state index contributed by atoms with van der Waals surface area (Å²) in [7, 11) is -1.46. The smallest absolute Gasteiger partial charge is 0.159 e. The van der Waals surface area contributed by atoms with Crippen molar-refractivity contribution in [2.24, 2.45) is 0 Å². The van der Waals surface area contributed by atoms with Gasteiger partial charge in [0.1, 0.15) is 17.1 Å². The van der Waals surface area contributed by atoms with Crippen LogP contribution in [0.2, 0.25) is 19.6 Å². The first-order chi connectivity index (χ1) is 36.3. The fourth-order valence-electron chi connectivity index (χ4n) is 11.4. The van der Waals surface area contributed by atoms with E-state index in [4.69, 9.17) is 9.15 Å². The molecule has 0 saturated carbocycles. The summed E-state index contributed by atoms with van der Waals surface area (Å²) in [5.74, 6) is 1.65. The molecule has 1 aromatic heterocycles. The molecule has 1 aliphatic rings. The van der Waals surface area contributed by atoms with Crippen LogP contribution in [0, 0.1) is 0 Å². The van der Waals surface area contributed by atoms with Crippen molar-refractivity contribution in [1.82, 2.24) is 0 Å². The zero-order valence-corrected chi connectivity index (χ0v) is 42.4. The van der Waals surface area contributed by atoms with Gasteiger partial charge in [-0.25, -0.2) is 0 Å². The number of hydrogen-bond acceptors (Lipinski definition) is 4. The van der Waals surface area contributed by atoms with E-state index in [1.807, 2.05) is 12.1 Å². The minimum absolute atomic E-state index is 0.804. The Labute approximate surface area is 431 Å². The third-order valence-corrected chi connectivity index (χ3v) is 17.1. The Kier molecular flexibility index (Phi) is 10.2. The number of benzene rings is 12. The average molecular weight is 967 g/mol. The van der Waals surface area contributed by atoms with E-state index >= 15 is 0 Å². The van der Waals surface area contributed by atoms with Crippen LogP contribution in [0.15, 0.2) is 253 Å². The maximum atomic E-state index is 7.09. The van der Waals surface area contributed by atoms with Crippen LogP contribution in [0.1, 0.15) is 0 Å². The molecule has 4 nitrogen and oxygen atoms in total. The van der Waals surface area contributed by atoms with Gasteiger partial charge in [-0.1, -0.05) is 183 Å². The summed E-state index contributed by atoms with van der Waals surface area (Å²) in [6.45, 7) is 7.20. The van der Waals surface area contributed by atoms with E-state index in [2.05, 4.69) is 266 Å². The van der Waals surface area contributed by atoms with Gasteiger partial charge in [-0.3, -0.25) is 0 Å². The van der Waals surface area contributed by atoms with Crippen LogP contribution in [-0.4, -0.2) is 8.07 Å². The second-order valence-corrected chi connectivity index (χ2v) is 25.5. The van der Waals surface area contributed by atoms with Crippen LogP contribution in [0.4, 0.5) is 34.1 Å². The highest BCUT2D eigenvalue weighted by molar-refractivity contribution is 6.88. The van der Waals surface area contributed by atoms with Crippen LogP contribution >= 0.6 is 0 Å². The van der Waals surface area contributed by atoms with E-state index < -0.39 is 8.07 Å². The van der Waals surface area contributed by atoms with E-state index in [0.717, 1.165) is 95.2 Å². The van der Waals surface area contributed by atoms with Crippen molar-refractivity contribution in [2.75, 3.05) is 9.80 Å². The third kappa shape index (κ3) is 7.19. The summed E-state index contributed by atoms with van der Waals surface area (Å²) >= 11 is 0. The first-order valence-corrected chi connectivity index (χ1v) is 29.0. The third-order valence-electron chi connectivity index (χ3n) is 15.0. The van der Waals surface area contributed by atoms with Gasteiger partial charge < -0.3 is 19.0 Å². The number of nitrogens with zero attached hydrogens (tertiary/aromatic N) is 2. The molecular formula is C69H50N2O2Si. The Hall–Kier alpha value is -9.16. The Morgan fingerprint density at radius 1 is 0.324 bits per heavy atom. The molecule has 14 rings (SSSR count). The molecule has 0 bridgehead atoms. The highest BCUT2D eigenvalue weighted by Gasteiger charge is 2.27. The van der Waals surface area contributed by atoms with Gasteiger partial charge in [0.15, 0.2) is 5.58 Å². The monoisotopic (exact) mass is 966 g/mol. The van der Waals surface area contributed by atoms with Gasteiger partial charge >= 0.3 is 0 Å². The molecular weight excluding hydrogens is 917 g/mol. The molecule has 13 aromatic rings. The van der Waals surface area contributed by atoms with Crippen molar-refractivity contribution in [3.05, 3.63) is 249 Å². The van der Waals surface area contributed by atoms with Gasteiger partial charge in [-0.05, 0) is 134 Å². The van der Waals surface area contributed by atoms with Gasteiger partial charge in [0.25, 0.3) is 0 Å². The molecule has 0 aliphatic carbocycles. The SMILES string of the molecule is C[Si](C)(C)c1ccc(N(c2ccccc2)c2ccc(-c3cc4c5cccc6c5c(cc4c4ccccc34)-c3ccc(N(c4ccccc4-c4ccccc4)c4cccc5c4oc4ccccc45)cc3O6)cc2)cc1. The Bertz CT molecular complexity index is 4310. The van der Waals surface area contributed by atoms with Crippen molar-refractivity contribution in [2.45, 2.75) is 19.6 Å². The number of furan rings is 1. The Balaban J connectivity index is 0.906. The summed E-state index contributed by atoms with van der Waals surface area (Å²) in [5, 5.41) is 10.7. The molecule has 0 spiro atoms. The van der Waals surface area contributed by atoms with Crippen molar-refractivity contribution in [3.63, 3.8) is 0 Å². The maximum Gasteiger partial charge on any atom is 0.159 e. The molecule has 0 unspecified atom stereocenters. The fraction of sp³-hybridized carbons (Fsp3) is 0.0435. The lowest BCUT2D eigenvalue weighted by Gasteiger charge is -2.30. The lowest BCUT2D eigenvalue weighted by Crippen LogP contribution is -2.37. The second-order valence-electron chi connectivity index (χ2n) is 20.4. The molecule has 0 radical (unpaired) electrons. The Morgan fingerprint density at radius 3 is 1.68 bits per heavy atom. The van der Waals surface area contributed by atoms with Crippen LogP contribution in [0.3, 0.4) is 0 Å². The van der Waals surface area contributed by atoms with E-state index in [1.54, 1.807) is 0 Å². The second kappa shape index (κ2) is 17.3. The first-order valence-electron chi connectivity index (χ1n) is 25.5. The molecule has 0 fully saturated rings. The molecule has 12 aromatic carbocycles. The van der Waals surface area contributed by atoms with E-state index in [1.165, 1.54) is 43.2 Å². The molecule has 352 valence electrons. The van der Waals surface area contributed by atoms with E-state index in [-0.39, 0.29) is 0 Å². The normalized spacial score (nSPS) is 12.1. The number of anilines is 6. The molecule has 2 heterocycles. The highest BCUT2D eigenvalue weighted by atomic mass is 28.3.